The van der Waals surface area contributed by atoms with Gasteiger partial charge < -0.3 is 10.2 Å². The zero-order valence-electron chi connectivity index (χ0n) is 12.3. The number of carbonyl (C=O) groups is 1. The van der Waals surface area contributed by atoms with E-state index in [1.807, 2.05) is 18.7 Å². The second-order valence-corrected chi connectivity index (χ2v) is 5.27. The number of nitrogens with one attached hydrogen (secondary N) is 1. The van der Waals surface area contributed by atoms with E-state index in [1.54, 1.807) is 24.3 Å². The second kappa shape index (κ2) is 7.42. The van der Waals surface area contributed by atoms with Crippen LogP contribution < -0.4 is 10.2 Å². The zero-order valence-corrected chi connectivity index (χ0v) is 13.8. The standard InChI is InChI=1S/C15H16Cl2N4O/c1-3-21(4-2)13-8-12(18-9-19-13)15(22)20-11-7-5-6-10(16)14(11)17/h5-9H,3-4H2,1-2H3,(H,20,22). The van der Waals surface area contributed by atoms with Crippen LogP contribution in [-0.4, -0.2) is 29.0 Å². The Labute approximate surface area is 139 Å². The number of carbonyl (C=O) groups excluding carboxylic acids is 1. The van der Waals surface area contributed by atoms with Crippen molar-refractivity contribution in [3.05, 3.63) is 46.3 Å². The molecule has 1 N–H and O–H groups in total. The maximum atomic E-state index is 12.3. The maximum Gasteiger partial charge on any atom is 0.274 e. The van der Waals surface area contributed by atoms with Gasteiger partial charge >= 0.3 is 0 Å². The van der Waals surface area contributed by atoms with Gasteiger partial charge in [-0.3, -0.25) is 4.79 Å². The van der Waals surface area contributed by atoms with Gasteiger partial charge in [-0.15, -0.1) is 0 Å². The lowest BCUT2D eigenvalue weighted by atomic mass is 10.3. The van der Waals surface area contributed by atoms with Gasteiger partial charge in [0, 0.05) is 19.2 Å². The molecule has 0 spiro atoms. The van der Waals surface area contributed by atoms with Crippen LogP contribution in [-0.2, 0) is 0 Å². The molecule has 2 rings (SSSR count). The van der Waals surface area contributed by atoms with Crippen molar-refractivity contribution >= 4 is 40.6 Å². The average Bonchev–Trinajstić information content (AvgIpc) is 2.53. The summed E-state index contributed by atoms with van der Waals surface area (Å²) in [6, 6.07) is 6.70. The van der Waals surface area contributed by atoms with Crippen molar-refractivity contribution < 1.29 is 4.79 Å². The molecule has 22 heavy (non-hydrogen) atoms. The summed E-state index contributed by atoms with van der Waals surface area (Å²) in [7, 11) is 0. The third-order valence-electron chi connectivity index (χ3n) is 3.17. The number of halogens is 2. The number of hydrogen-bond acceptors (Lipinski definition) is 4. The van der Waals surface area contributed by atoms with E-state index >= 15 is 0 Å². The molecule has 1 amide bonds. The fourth-order valence-electron chi connectivity index (χ4n) is 1.98. The Hall–Kier alpha value is -1.85. The predicted molar refractivity (Wildman–Crippen MR) is 90.0 cm³/mol. The largest absolute Gasteiger partial charge is 0.357 e. The fourth-order valence-corrected chi connectivity index (χ4v) is 2.33. The summed E-state index contributed by atoms with van der Waals surface area (Å²) in [5.74, 6) is 0.349. The Morgan fingerprint density at radius 2 is 1.95 bits per heavy atom. The van der Waals surface area contributed by atoms with Gasteiger partial charge in [-0.25, -0.2) is 9.97 Å². The highest BCUT2D eigenvalue weighted by Crippen LogP contribution is 2.29. The lowest BCUT2D eigenvalue weighted by molar-refractivity contribution is 0.102. The summed E-state index contributed by atoms with van der Waals surface area (Å²) in [5.41, 5.74) is 0.718. The van der Waals surface area contributed by atoms with E-state index in [1.165, 1.54) is 6.33 Å². The molecule has 0 aliphatic rings. The highest BCUT2D eigenvalue weighted by molar-refractivity contribution is 6.44. The van der Waals surface area contributed by atoms with Gasteiger partial charge in [-0.05, 0) is 26.0 Å². The predicted octanol–water partition coefficient (Wildman–Crippen LogP) is 3.88. The van der Waals surface area contributed by atoms with E-state index in [9.17, 15) is 4.79 Å². The lowest BCUT2D eigenvalue weighted by Gasteiger charge is -2.19. The molecule has 116 valence electrons. The molecule has 0 unspecified atom stereocenters. The van der Waals surface area contributed by atoms with Gasteiger partial charge in [-0.1, -0.05) is 29.3 Å². The van der Waals surface area contributed by atoms with E-state index in [4.69, 9.17) is 23.2 Å². The van der Waals surface area contributed by atoms with Gasteiger partial charge in [0.1, 0.15) is 17.8 Å². The highest BCUT2D eigenvalue weighted by atomic mass is 35.5. The first kappa shape index (κ1) is 16.5. The first-order chi connectivity index (χ1) is 10.6. The zero-order chi connectivity index (χ0) is 16.1. The quantitative estimate of drug-likeness (QED) is 0.898. The summed E-state index contributed by atoms with van der Waals surface area (Å²) in [6.07, 6.45) is 1.38. The third-order valence-corrected chi connectivity index (χ3v) is 3.99. The number of amides is 1. The molecule has 1 aromatic heterocycles. The molecule has 7 heteroatoms. The van der Waals surface area contributed by atoms with Crippen LogP contribution in [0.1, 0.15) is 24.3 Å². The number of aromatic nitrogens is 2. The van der Waals surface area contributed by atoms with Crippen LogP contribution in [0, 0.1) is 0 Å². The average molecular weight is 339 g/mol. The maximum absolute atomic E-state index is 12.3. The molecular formula is C15H16Cl2N4O. The van der Waals surface area contributed by atoms with E-state index < -0.39 is 0 Å². The SMILES string of the molecule is CCN(CC)c1cc(C(=O)Nc2cccc(Cl)c2Cl)ncn1. The first-order valence-electron chi connectivity index (χ1n) is 6.89. The van der Waals surface area contributed by atoms with Crippen LogP contribution in [0.3, 0.4) is 0 Å². The highest BCUT2D eigenvalue weighted by Gasteiger charge is 2.13. The van der Waals surface area contributed by atoms with E-state index in [0.717, 1.165) is 13.1 Å². The van der Waals surface area contributed by atoms with Crippen LogP contribution in [0.4, 0.5) is 11.5 Å². The van der Waals surface area contributed by atoms with Gasteiger partial charge in [0.25, 0.3) is 5.91 Å². The summed E-state index contributed by atoms with van der Waals surface area (Å²) < 4.78 is 0. The van der Waals surface area contributed by atoms with Crippen molar-refractivity contribution in [1.82, 2.24) is 9.97 Å². The minimum atomic E-state index is -0.361. The molecule has 5 nitrogen and oxygen atoms in total. The van der Waals surface area contributed by atoms with Gasteiger partial charge in [0.05, 0.1) is 15.7 Å². The molecule has 0 fully saturated rings. The van der Waals surface area contributed by atoms with Crippen LogP contribution in [0.5, 0.6) is 0 Å². The Morgan fingerprint density at radius 3 is 2.64 bits per heavy atom. The smallest absolute Gasteiger partial charge is 0.274 e. The summed E-state index contributed by atoms with van der Waals surface area (Å²) in [5, 5.41) is 3.39. The number of anilines is 2. The minimum absolute atomic E-state index is 0.271. The Bertz CT molecular complexity index is 674. The Kier molecular flexibility index (Phi) is 5.57. The monoisotopic (exact) mass is 338 g/mol. The van der Waals surface area contributed by atoms with Crippen molar-refractivity contribution in [2.45, 2.75) is 13.8 Å². The van der Waals surface area contributed by atoms with E-state index in [-0.39, 0.29) is 11.6 Å². The molecule has 0 bridgehead atoms. The van der Waals surface area contributed by atoms with Crippen LogP contribution in [0.2, 0.25) is 10.0 Å². The topological polar surface area (TPSA) is 58.1 Å². The molecule has 1 aromatic carbocycles. The van der Waals surface area contributed by atoms with Gasteiger partial charge in [0.2, 0.25) is 0 Å². The first-order valence-corrected chi connectivity index (χ1v) is 7.64. The van der Waals surface area contributed by atoms with Crippen molar-refractivity contribution in [2.75, 3.05) is 23.3 Å². The molecule has 0 aliphatic carbocycles. The van der Waals surface area contributed by atoms with Crippen LogP contribution in [0.15, 0.2) is 30.6 Å². The van der Waals surface area contributed by atoms with Crippen LogP contribution >= 0.6 is 23.2 Å². The Morgan fingerprint density at radius 1 is 1.23 bits per heavy atom. The second-order valence-electron chi connectivity index (χ2n) is 4.49. The van der Waals surface area contributed by atoms with Crippen LogP contribution in [0.25, 0.3) is 0 Å². The molecule has 0 saturated carbocycles. The lowest BCUT2D eigenvalue weighted by Crippen LogP contribution is -2.24. The summed E-state index contributed by atoms with van der Waals surface area (Å²) >= 11 is 12.0. The van der Waals surface area contributed by atoms with Crippen molar-refractivity contribution in [3.63, 3.8) is 0 Å². The number of nitrogens with zero attached hydrogens (tertiary/aromatic N) is 3. The summed E-state index contributed by atoms with van der Waals surface area (Å²) in [6.45, 7) is 5.65. The molecule has 2 aromatic rings. The van der Waals surface area contributed by atoms with Crippen molar-refractivity contribution in [1.29, 1.82) is 0 Å². The molecule has 0 saturated heterocycles. The Balaban J connectivity index is 2.23. The molecule has 0 radical (unpaired) electrons. The number of benzene rings is 1. The van der Waals surface area contributed by atoms with Gasteiger partial charge in [-0.2, -0.15) is 0 Å². The normalized spacial score (nSPS) is 10.4. The van der Waals surface area contributed by atoms with Crippen molar-refractivity contribution in [2.24, 2.45) is 0 Å². The van der Waals surface area contributed by atoms with Crippen molar-refractivity contribution in [3.8, 4) is 0 Å². The van der Waals surface area contributed by atoms with E-state index in [0.29, 0.717) is 21.6 Å². The minimum Gasteiger partial charge on any atom is -0.357 e. The van der Waals surface area contributed by atoms with E-state index in [2.05, 4.69) is 15.3 Å². The fraction of sp³-hybridized carbons (Fsp3) is 0.267. The summed E-state index contributed by atoms with van der Waals surface area (Å²) in [4.78, 5) is 22.5. The molecule has 0 aliphatic heterocycles. The molecule has 0 atom stereocenters. The van der Waals surface area contributed by atoms with Gasteiger partial charge in [0.15, 0.2) is 0 Å². The third kappa shape index (κ3) is 3.67. The molecule has 1 heterocycles. The molecular weight excluding hydrogens is 323 g/mol. The number of hydrogen-bond donors (Lipinski definition) is 1. The number of rotatable bonds is 5.